The van der Waals surface area contributed by atoms with E-state index in [1.807, 2.05) is 12.2 Å². The predicted molar refractivity (Wildman–Crippen MR) is 75.9 cm³/mol. The van der Waals surface area contributed by atoms with Crippen molar-refractivity contribution in [2.24, 2.45) is 21.1 Å². The Morgan fingerprint density at radius 3 is 3.25 bits per heavy atom. The number of ether oxygens (including phenoxy) is 2. The second-order valence-corrected chi connectivity index (χ2v) is 5.52. The molecule has 1 N–H and O–H groups in total. The van der Waals surface area contributed by atoms with Crippen LogP contribution in [0.2, 0.25) is 0 Å². The lowest BCUT2D eigenvalue weighted by molar-refractivity contribution is -0.0471. The van der Waals surface area contributed by atoms with E-state index in [1.54, 1.807) is 0 Å². The average Bonchev–Trinajstić information content (AvgIpc) is 2.71. The highest BCUT2D eigenvalue weighted by Gasteiger charge is 2.41. The van der Waals surface area contributed by atoms with Crippen molar-refractivity contribution in [1.29, 1.82) is 0 Å². The number of azo groups is 1. The lowest BCUT2D eigenvalue weighted by Gasteiger charge is -2.25. The number of rotatable bonds is 2. The lowest BCUT2D eigenvalue weighted by Crippen LogP contribution is -2.41. The summed E-state index contributed by atoms with van der Waals surface area (Å²) in [6.45, 7) is 8.34. The Morgan fingerprint density at radius 1 is 1.45 bits per heavy atom. The molecule has 3 aliphatic heterocycles. The van der Waals surface area contributed by atoms with Crippen molar-refractivity contribution in [3.8, 4) is 0 Å². The highest BCUT2D eigenvalue weighted by atomic mass is 16.5. The normalized spacial score (nSPS) is 35.9. The summed E-state index contributed by atoms with van der Waals surface area (Å²) in [5, 5.41) is 11.3. The fourth-order valence-corrected chi connectivity index (χ4v) is 2.71. The standard InChI is InChI=1S/C14H20N4O2/c1-11-2-3-13(18-17-11)16-7-12-6-14(20-8-12)9-15-4-5-19-10-14/h2-3,12,15H,1,4-10H2. The van der Waals surface area contributed by atoms with E-state index in [0.29, 0.717) is 30.6 Å². The molecule has 3 aliphatic rings. The minimum absolute atomic E-state index is 0.167. The zero-order valence-corrected chi connectivity index (χ0v) is 11.5. The Morgan fingerprint density at radius 2 is 2.40 bits per heavy atom. The number of allylic oxidation sites excluding steroid dienone is 1. The summed E-state index contributed by atoms with van der Waals surface area (Å²) in [6, 6.07) is 0. The van der Waals surface area contributed by atoms with E-state index in [4.69, 9.17) is 9.47 Å². The van der Waals surface area contributed by atoms with Crippen molar-refractivity contribution in [2.45, 2.75) is 12.0 Å². The number of nitrogens with zero attached hydrogens (tertiary/aromatic N) is 3. The number of amidine groups is 1. The van der Waals surface area contributed by atoms with Crippen LogP contribution in [0.25, 0.3) is 0 Å². The molecule has 1 spiro atoms. The van der Waals surface area contributed by atoms with Crippen LogP contribution in [0.4, 0.5) is 0 Å². The zero-order valence-electron chi connectivity index (χ0n) is 11.5. The molecule has 3 rings (SSSR count). The molecule has 6 heteroatoms. The lowest BCUT2D eigenvalue weighted by atomic mass is 9.95. The number of hydrogen-bond donors (Lipinski definition) is 1. The van der Waals surface area contributed by atoms with Gasteiger partial charge in [0.25, 0.3) is 0 Å². The molecule has 0 saturated carbocycles. The van der Waals surface area contributed by atoms with Crippen LogP contribution in [-0.4, -0.2) is 50.9 Å². The Hall–Kier alpha value is -1.37. The molecule has 6 nitrogen and oxygen atoms in total. The van der Waals surface area contributed by atoms with Gasteiger partial charge < -0.3 is 14.8 Å². The van der Waals surface area contributed by atoms with E-state index in [0.717, 1.165) is 32.7 Å². The van der Waals surface area contributed by atoms with Gasteiger partial charge in [-0.15, -0.1) is 10.2 Å². The summed E-state index contributed by atoms with van der Waals surface area (Å²) in [6.07, 6.45) is 4.64. The number of nitrogens with one attached hydrogen (secondary N) is 1. The van der Waals surface area contributed by atoms with Crippen molar-refractivity contribution in [2.75, 3.05) is 39.5 Å². The first-order chi connectivity index (χ1) is 9.76. The van der Waals surface area contributed by atoms with Gasteiger partial charge in [-0.2, -0.15) is 0 Å². The van der Waals surface area contributed by atoms with Crippen molar-refractivity contribution in [3.63, 3.8) is 0 Å². The maximum absolute atomic E-state index is 5.99. The molecule has 2 saturated heterocycles. The molecule has 2 unspecified atom stereocenters. The van der Waals surface area contributed by atoms with Gasteiger partial charge >= 0.3 is 0 Å². The van der Waals surface area contributed by atoms with Crippen LogP contribution < -0.4 is 5.32 Å². The molecule has 108 valence electrons. The molecule has 2 atom stereocenters. The molecule has 0 bridgehead atoms. The van der Waals surface area contributed by atoms with Gasteiger partial charge in [0.15, 0.2) is 5.84 Å². The quantitative estimate of drug-likeness (QED) is 0.827. The summed E-state index contributed by atoms with van der Waals surface area (Å²) in [7, 11) is 0. The average molecular weight is 276 g/mol. The molecule has 0 aliphatic carbocycles. The molecule has 3 heterocycles. The minimum atomic E-state index is -0.167. The highest BCUT2D eigenvalue weighted by Crippen LogP contribution is 2.31. The van der Waals surface area contributed by atoms with Crippen LogP contribution in [0.3, 0.4) is 0 Å². The third-order valence-electron chi connectivity index (χ3n) is 3.74. The fraction of sp³-hybridized carbons (Fsp3) is 0.643. The number of hydrogen-bond acceptors (Lipinski definition) is 5. The van der Waals surface area contributed by atoms with E-state index < -0.39 is 0 Å². The fourth-order valence-electron chi connectivity index (χ4n) is 2.71. The van der Waals surface area contributed by atoms with Crippen LogP contribution in [-0.2, 0) is 9.47 Å². The molecule has 0 radical (unpaired) electrons. The van der Waals surface area contributed by atoms with E-state index in [-0.39, 0.29) is 5.60 Å². The van der Waals surface area contributed by atoms with Crippen molar-refractivity contribution >= 4 is 5.84 Å². The monoisotopic (exact) mass is 276 g/mol. The van der Waals surface area contributed by atoms with Crippen LogP contribution in [0.1, 0.15) is 6.42 Å². The SMILES string of the molecule is C=C1C=CC(=NCC2COC3(CNCCOC3)C2)N=N1. The molecular formula is C14H20N4O2. The Balaban J connectivity index is 1.55. The van der Waals surface area contributed by atoms with Crippen molar-refractivity contribution in [3.05, 3.63) is 24.4 Å². The smallest absolute Gasteiger partial charge is 0.169 e. The molecular weight excluding hydrogens is 256 g/mol. The van der Waals surface area contributed by atoms with Crippen LogP contribution in [0.15, 0.2) is 39.6 Å². The van der Waals surface area contributed by atoms with Gasteiger partial charge in [0.05, 0.1) is 25.5 Å². The maximum Gasteiger partial charge on any atom is 0.169 e. The first-order valence-electron chi connectivity index (χ1n) is 7.01. The third kappa shape index (κ3) is 3.20. The third-order valence-corrected chi connectivity index (χ3v) is 3.74. The summed E-state index contributed by atoms with van der Waals surface area (Å²) in [4.78, 5) is 4.49. The predicted octanol–water partition coefficient (Wildman–Crippen LogP) is 1.32. The minimum Gasteiger partial charge on any atom is -0.377 e. The summed E-state index contributed by atoms with van der Waals surface area (Å²) in [5.41, 5.74) is 0.494. The van der Waals surface area contributed by atoms with Gasteiger partial charge in [-0.25, -0.2) is 0 Å². The molecule has 0 aromatic carbocycles. The second kappa shape index (κ2) is 5.95. The Labute approximate surface area is 118 Å². The van der Waals surface area contributed by atoms with Crippen molar-refractivity contribution in [1.82, 2.24) is 5.32 Å². The van der Waals surface area contributed by atoms with Gasteiger partial charge in [0, 0.05) is 25.6 Å². The van der Waals surface area contributed by atoms with E-state index >= 15 is 0 Å². The molecule has 0 aromatic heterocycles. The van der Waals surface area contributed by atoms with Gasteiger partial charge in [0.2, 0.25) is 0 Å². The maximum atomic E-state index is 5.99. The van der Waals surface area contributed by atoms with E-state index in [2.05, 4.69) is 27.1 Å². The first-order valence-corrected chi connectivity index (χ1v) is 7.01. The van der Waals surface area contributed by atoms with Crippen LogP contribution >= 0.6 is 0 Å². The largest absolute Gasteiger partial charge is 0.377 e. The topological polar surface area (TPSA) is 67.6 Å². The van der Waals surface area contributed by atoms with Crippen LogP contribution in [0.5, 0.6) is 0 Å². The Bertz CT molecular complexity index is 444. The van der Waals surface area contributed by atoms with Gasteiger partial charge in [-0.1, -0.05) is 6.58 Å². The molecule has 0 amide bonds. The Kier molecular flexibility index (Phi) is 4.05. The van der Waals surface area contributed by atoms with Crippen LogP contribution in [0, 0.1) is 5.92 Å². The second-order valence-electron chi connectivity index (χ2n) is 5.52. The summed E-state index contributed by atoms with van der Waals surface area (Å²) < 4.78 is 11.6. The molecule has 2 fully saturated rings. The molecule has 20 heavy (non-hydrogen) atoms. The highest BCUT2D eigenvalue weighted by molar-refractivity contribution is 5.94. The van der Waals surface area contributed by atoms with Crippen molar-refractivity contribution < 1.29 is 9.47 Å². The first kappa shape index (κ1) is 13.6. The molecule has 0 aromatic rings. The number of aliphatic imine (C=N–C) groups is 1. The van der Waals surface area contributed by atoms with Gasteiger partial charge in [-0.3, -0.25) is 4.99 Å². The summed E-state index contributed by atoms with van der Waals surface area (Å²) >= 11 is 0. The van der Waals surface area contributed by atoms with Gasteiger partial charge in [0.1, 0.15) is 5.60 Å². The zero-order chi connectivity index (χ0) is 13.8. The van der Waals surface area contributed by atoms with Gasteiger partial charge in [-0.05, 0) is 18.6 Å². The van der Waals surface area contributed by atoms with E-state index in [9.17, 15) is 0 Å². The van der Waals surface area contributed by atoms with E-state index in [1.165, 1.54) is 0 Å². The summed E-state index contributed by atoms with van der Waals surface area (Å²) in [5.74, 6) is 1.08.